The van der Waals surface area contributed by atoms with E-state index in [2.05, 4.69) is 16.6 Å². The van der Waals surface area contributed by atoms with Gasteiger partial charge < -0.3 is 4.74 Å². The third-order valence-corrected chi connectivity index (χ3v) is 5.99. The summed E-state index contributed by atoms with van der Waals surface area (Å²) in [5.41, 5.74) is 0.693. The highest BCUT2D eigenvalue weighted by Gasteiger charge is 2.20. The second kappa shape index (κ2) is 14.4. The third kappa shape index (κ3) is 12.5. The van der Waals surface area contributed by atoms with E-state index in [4.69, 9.17) is 4.74 Å². The average molecular weight is 427 g/mol. The summed E-state index contributed by atoms with van der Waals surface area (Å²) in [6.45, 7) is 5.80. The summed E-state index contributed by atoms with van der Waals surface area (Å²) in [7, 11) is -3.83. The molecule has 0 bridgehead atoms. The van der Waals surface area contributed by atoms with Crippen molar-refractivity contribution in [3.8, 4) is 0 Å². The Morgan fingerprint density at radius 3 is 2.24 bits per heavy atom. The molecule has 0 aliphatic rings. The summed E-state index contributed by atoms with van der Waals surface area (Å²) in [6, 6.07) is 3.47. The summed E-state index contributed by atoms with van der Waals surface area (Å²) < 4.78 is 31.9. The fourth-order valence-electron chi connectivity index (χ4n) is 3.17. The molecular formula is C22H38N2O4S. The van der Waals surface area contributed by atoms with Crippen LogP contribution in [0.5, 0.6) is 0 Å². The van der Waals surface area contributed by atoms with Gasteiger partial charge in [0.25, 0.3) is 0 Å². The van der Waals surface area contributed by atoms with Crippen molar-refractivity contribution in [3.05, 3.63) is 23.9 Å². The topological polar surface area (TPSA) is 85.4 Å². The lowest BCUT2D eigenvalue weighted by Gasteiger charge is -2.14. The number of esters is 1. The molecule has 1 N–H and O–H groups in total. The molecule has 1 aromatic rings. The molecule has 0 aliphatic carbocycles. The first-order valence-electron chi connectivity index (χ1n) is 11.0. The third-order valence-electron chi connectivity index (χ3n) is 4.87. The van der Waals surface area contributed by atoms with Crippen LogP contribution in [0.15, 0.2) is 18.3 Å². The number of hydrogen-bond donors (Lipinski definition) is 1. The molecule has 0 saturated heterocycles. The number of pyridine rings is 1. The van der Waals surface area contributed by atoms with Crippen molar-refractivity contribution in [2.45, 2.75) is 97.5 Å². The number of aryl methyl sites for hydroxylation is 1. The smallest absolute Gasteiger partial charge is 0.323 e. The van der Waals surface area contributed by atoms with Crippen molar-refractivity contribution in [2.24, 2.45) is 0 Å². The average Bonchev–Trinajstić information content (AvgIpc) is 2.64. The van der Waals surface area contributed by atoms with Gasteiger partial charge in [0.2, 0.25) is 10.0 Å². The van der Waals surface area contributed by atoms with Crippen molar-refractivity contribution in [2.75, 3.05) is 10.5 Å². The number of nitrogens with one attached hydrogen (secondary N) is 1. The van der Waals surface area contributed by atoms with Gasteiger partial charge in [-0.25, -0.2) is 13.4 Å². The van der Waals surface area contributed by atoms with Gasteiger partial charge in [0.05, 0.1) is 6.10 Å². The predicted octanol–water partition coefficient (Wildman–Crippen LogP) is 5.37. The first kappa shape index (κ1) is 25.4. The van der Waals surface area contributed by atoms with Gasteiger partial charge in [-0.15, -0.1) is 0 Å². The number of anilines is 1. The molecule has 6 nitrogen and oxygen atoms in total. The van der Waals surface area contributed by atoms with Crippen molar-refractivity contribution in [1.82, 2.24) is 4.98 Å². The van der Waals surface area contributed by atoms with E-state index in [1.165, 1.54) is 57.6 Å². The van der Waals surface area contributed by atoms with Gasteiger partial charge in [0.1, 0.15) is 5.82 Å². The Hall–Kier alpha value is -1.63. The lowest BCUT2D eigenvalue weighted by Crippen LogP contribution is -2.27. The molecule has 1 heterocycles. The van der Waals surface area contributed by atoms with Crippen molar-refractivity contribution in [3.63, 3.8) is 0 Å². The van der Waals surface area contributed by atoms with E-state index in [1.807, 2.05) is 6.92 Å². The van der Waals surface area contributed by atoms with Gasteiger partial charge in [-0.3, -0.25) is 9.52 Å². The predicted molar refractivity (Wildman–Crippen MR) is 118 cm³/mol. The van der Waals surface area contributed by atoms with Crippen molar-refractivity contribution < 1.29 is 17.9 Å². The lowest BCUT2D eigenvalue weighted by molar-refractivity contribution is -0.145. The maximum Gasteiger partial charge on any atom is 0.323 e. The number of unbranched alkanes of at least 4 members (excludes halogenated alkanes) is 9. The van der Waals surface area contributed by atoms with Crippen molar-refractivity contribution >= 4 is 21.8 Å². The van der Waals surface area contributed by atoms with Crippen LogP contribution in [0.25, 0.3) is 0 Å². The van der Waals surface area contributed by atoms with E-state index < -0.39 is 21.7 Å². The Morgan fingerprint density at radius 1 is 1.07 bits per heavy atom. The molecule has 0 amide bonds. The van der Waals surface area contributed by atoms with Gasteiger partial charge in [0.15, 0.2) is 5.75 Å². The summed E-state index contributed by atoms with van der Waals surface area (Å²) in [5.74, 6) is -1.20. The van der Waals surface area contributed by atoms with Gasteiger partial charge in [-0.2, -0.15) is 0 Å². The SMILES string of the molecule is CCCCCCCCCCCCC(C)OC(=O)CS(=O)(=O)Nc1ncccc1C. The highest BCUT2D eigenvalue weighted by Crippen LogP contribution is 2.14. The van der Waals surface area contributed by atoms with Gasteiger partial charge in [0, 0.05) is 6.20 Å². The van der Waals surface area contributed by atoms with E-state index in [1.54, 1.807) is 19.1 Å². The molecule has 0 saturated carbocycles. The number of aromatic nitrogens is 1. The molecule has 0 aromatic carbocycles. The quantitative estimate of drug-likeness (QED) is 0.283. The van der Waals surface area contributed by atoms with Crippen LogP contribution in [-0.4, -0.2) is 31.2 Å². The Labute approximate surface area is 176 Å². The number of ether oxygens (including phenoxy) is 1. The van der Waals surface area contributed by atoms with E-state index in [-0.39, 0.29) is 11.9 Å². The number of sulfonamides is 1. The number of nitrogens with zero attached hydrogens (tertiary/aromatic N) is 1. The summed E-state index contributed by atoms with van der Waals surface area (Å²) >= 11 is 0. The molecule has 0 spiro atoms. The van der Waals surface area contributed by atoms with Gasteiger partial charge >= 0.3 is 5.97 Å². The molecule has 0 radical (unpaired) electrons. The summed E-state index contributed by atoms with van der Waals surface area (Å²) in [5, 5.41) is 0. The normalized spacial score (nSPS) is 12.5. The lowest BCUT2D eigenvalue weighted by atomic mass is 10.0. The fraction of sp³-hybridized carbons (Fsp3) is 0.727. The molecule has 0 fully saturated rings. The molecule has 1 atom stereocenters. The molecule has 1 aromatic heterocycles. The van der Waals surface area contributed by atoms with Crippen LogP contribution in [0.3, 0.4) is 0 Å². The fourth-order valence-corrected chi connectivity index (χ4v) is 4.13. The zero-order valence-corrected chi connectivity index (χ0v) is 19.1. The van der Waals surface area contributed by atoms with E-state index >= 15 is 0 Å². The number of carbonyl (C=O) groups excluding carboxylic acids is 1. The first-order valence-corrected chi connectivity index (χ1v) is 12.6. The molecular weight excluding hydrogens is 388 g/mol. The zero-order chi connectivity index (χ0) is 21.5. The second-order valence-electron chi connectivity index (χ2n) is 7.80. The largest absolute Gasteiger partial charge is 0.462 e. The highest BCUT2D eigenvalue weighted by molar-refractivity contribution is 7.93. The van der Waals surface area contributed by atoms with Crippen LogP contribution in [0.4, 0.5) is 5.82 Å². The minimum atomic E-state index is -3.83. The minimum absolute atomic E-state index is 0.235. The number of hydrogen-bond acceptors (Lipinski definition) is 5. The van der Waals surface area contributed by atoms with E-state index in [9.17, 15) is 13.2 Å². The van der Waals surface area contributed by atoms with Crippen LogP contribution in [0, 0.1) is 6.92 Å². The van der Waals surface area contributed by atoms with Crippen LogP contribution < -0.4 is 4.72 Å². The van der Waals surface area contributed by atoms with Crippen LogP contribution in [-0.2, 0) is 19.6 Å². The molecule has 1 unspecified atom stereocenters. The van der Waals surface area contributed by atoms with Crippen LogP contribution >= 0.6 is 0 Å². The molecule has 29 heavy (non-hydrogen) atoms. The summed E-state index contributed by atoms with van der Waals surface area (Å²) in [6.07, 6.45) is 14.5. The van der Waals surface area contributed by atoms with E-state index in [0.717, 1.165) is 19.3 Å². The van der Waals surface area contributed by atoms with Crippen LogP contribution in [0.1, 0.15) is 90.0 Å². The highest BCUT2D eigenvalue weighted by atomic mass is 32.2. The molecule has 7 heteroatoms. The first-order chi connectivity index (χ1) is 13.8. The number of carbonyl (C=O) groups is 1. The number of rotatable bonds is 16. The zero-order valence-electron chi connectivity index (χ0n) is 18.3. The monoisotopic (exact) mass is 426 g/mol. The minimum Gasteiger partial charge on any atom is -0.462 e. The standard InChI is InChI=1S/C22H38N2O4S/c1-4-5-6-7-8-9-10-11-12-13-16-20(3)28-21(25)18-29(26,27)24-22-19(2)15-14-17-23-22/h14-15,17,20H,4-13,16,18H2,1-3H3,(H,23,24). The van der Waals surface area contributed by atoms with Crippen molar-refractivity contribution in [1.29, 1.82) is 0 Å². The molecule has 0 aliphatic heterocycles. The van der Waals surface area contributed by atoms with E-state index in [0.29, 0.717) is 5.56 Å². The van der Waals surface area contributed by atoms with Gasteiger partial charge in [-0.1, -0.05) is 70.8 Å². The second-order valence-corrected chi connectivity index (χ2v) is 9.52. The Bertz CT molecular complexity index is 692. The Morgan fingerprint density at radius 2 is 1.66 bits per heavy atom. The van der Waals surface area contributed by atoms with Crippen LogP contribution in [0.2, 0.25) is 0 Å². The Kier molecular flexibility index (Phi) is 12.6. The van der Waals surface area contributed by atoms with Gasteiger partial charge in [-0.05, 0) is 38.3 Å². The Balaban J connectivity index is 2.15. The molecule has 1 rings (SSSR count). The maximum atomic E-state index is 12.1. The maximum absolute atomic E-state index is 12.1. The summed E-state index contributed by atoms with van der Waals surface area (Å²) in [4.78, 5) is 15.9. The molecule has 166 valence electrons.